The molecule has 2 aliphatic heterocycles. The van der Waals surface area contributed by atoms with Crippen molar-refractivity contribution in [1.29, 1.82) is 0 Å². The molecule has 2 aromatic rings. The van der Waals surface area contributed by atoms with Crippen LogP contribution in [0.15, 0.2) is 48.5 Å². The lowest BCUT2D eigenvalue weighted by atomic mass is 9.82. The number of fused-ring (bicyclic) bond motifs is 2. The van der Waals surface area contributed by atoms with Gasteiger partial charge in [-0.1, -0.05) is 62.1 Å². The van der Waals surface area contributed by atoms with Crippen LogP contribution < -0.4 is 0 Å². The van der Waals surface area contributed by atoms with Gasteiger partial charge in [0.05, 0.1) is 10.8 Å². The summed E-state index contributed by atoms with van der Waals surface area (Å²) in [5, 5.41) is 0. The van der Waals surface area contributed by atoms with Crippen LogP contribution in [-0.2, 0) is 10.8 Å². The van der Waals surface area contributed by atoms with Crippen molar-refractivity contribution in [2.45, 2.75) is 104 Å². The highest BCUT2D eigenvalue weighted by molar-refractivity contribution is 5.93. The van der Waals surface area contributed by atoms with Crippen LogP contribution in [0.25, 0.3) is 0 Å². The van der Waals surface area contributed by atoms with E-state index in [1.807, 2.05) is 0 Å². The van der Waals surface area contributed by atoms with Gasteiger partial charge in [-0.25, -0.2) is 0 Å². The molecule has 2 aliphatic rings. The summed E-state index contributed by atoms with van der Waals surface area (Å²) in [6.07, 6.45) is 10.8. The van der Waals surface area contributed by atoms with Crippen LogP contribution in [0.4, 0.5) is 11.4 Å². The van der Waals surface area contributed by atoms with E-state index in [2.05, 4.69) is 99.2 Å². The average molecular weight is 459 g/mol. The minimum atomic E-state index is 0.166. The van der Waals surface area contributed by atoms with Gasteiger partial charge in [-0.3, -0.25) is 0 Å². The van der Waals surface area contributed by atoms with E-state index >= 15 is 0 Å². The maximum Gasteiger partial charge on any atom is 0.209 e. The van der Waals surface area contributed by atoms with Gasteiger partial charge in [0.2, 0.25) is 11.4 Å². The number of hydrogen-bond donors (Lipinski definition) is 0. The summed E-state index contributed by atoms with van der Waals surface area (Å²) < 4.78 is 5.15. The van der Waals surface area contributed by atoms with Crippen molar-refractivity contribution >= 4 is 22.8 Å². The summed E-state index contributed by atoms with van der Waals surface area (Å²) in [7, 11) is 0. The van der Waals surface area contributed by atoms with Crippen molar-refractivity contribution in [3.05, 3.63) is 59.7 Å². The molecule has 0 spiro atoms. The molecule has 4 rings (SSSR count). The Morgan fingerprint density at radius 3 is 1.21 bits per heavy atom. The first kappa shape index (κ1) is 24.9. The van der Waals surface area contributed by atoms with Crippen molar-refractivity contribution in [3.63, 3.8) is 0 Å². The normalized spacial score (nSPS) is 17.9. The minimum Gasteiger partial charge on any atom is -0.199 e. The fourth-order valence-electron chi connectivity index (χ4n) is 6.08. The van der Waals surface area contributed by atoms with Gasteiger partial charge in [0.25, 0.3) is 0 Å². The van der Waals surface area contributed by atoms with Gasteiger partial charge >= 0.3 is 0 Å². The standard InChI is InChI=1S/C32H46N2/c1-25-31(3,4)27-19-13-15-21-29(27)33(25)23-17-11-9-7-8-10-12-18-24-34-26(2)32(5,6)28-20-14-16-22-30(28)34/h13-16,19-22H,7-12,17-18,23-24H2,1-6H3/q+2. The van der Waals surface area contributed by atoms with E-state index in [1.165, 1.54) is 85.3 Å². The van der Waals surface area contributed by atoms with E-state index in [4.69, 9.17) is 0 Å². The first-order valence-electron chi connectivity index (χ1n) is 13.7. The lowest BCUT2D eigenvalue weighted by Crippen LogP contribution is -2.26. The van der Waals surface area contributed by atoms with Crippen molar-refractivity contribution in [1.82, 2.24) is 0 Å². The number of unbranched alkanes of at least 4 members (excludes halogenated alkanes) is 7. The molecular formula is C32H46N2+2. The first-order valence-corrected chi connectivity index (χ1v) is 13.7. The average Bonchev–Trinajstić information content (AvgIpc) is 3.14. The van der Waals surface area contributed by atoms with Gasteiger partial charge in [-0.05, 0) is 40.5 Å². The number of rotatable bonds is 11. The predicted octanol–water partition coefficient (Wildman–Crippen LogP) is 8.30. The molecule has 2 heterocycles. The topological polar surface area (TPSA) is 6.02 Å². The van der Waals surface area contributed by atoms with Gasteiger partial charge < -0.3 is 0 Å². The molecule has 0 saturated heterocycles. The lowest BCUT2D eigenvalue weighted by Gasteiger charge is -2.14. The summed E-state index contributed by atoms with van der Waals surface area (Å²) in [5.74, 6) is 0. The van der Waals surface area contributed by atoms with Crippen molar-refractivity contribution in [2.75, 3.05) is 13.1 Å². The fraction of sp³-hybridized carbons (Fsp3) is 0.562. The van der Waals surface area contributed by atoms with Crippen LogP contribution in [-0.4, -0.2) is 33.7 Å². The maximum atomic E-state index is 2.58. The fourth-order valence-corrected chi connectivity index (χ4v) is 6.08. The summed E-state index contributed by atoms with van der Waals surface area (Å²) >= 11 is 0. The third-order valence-electron chi connectivity index (χ3n) is 8.87. The van der Waals surface area contributed by atoms with E-state index in [1.54, 1.807) is 0 Å². The molecule has 2 heteroatoms. The molecule has 0 bridgehead atoms. The predicted molar refractivity (Wildman–Crippen MR) is 147 cm³/mol. The molecule has 0 saturated carbocycles. The van der Waals surface area contributed by atoms with Crippen LogP contribution in [0.1, 0.15) is 104 Å². The number of nitrogens with zero attached hydrogens (tertiary/aromatic N) is 2. The zero-order valence-corrected chi connectivity index (χ0v) is 22.6. The van der Waals surface area contributed by atoms with E-state index in [-0.39, 0.29) is 10.8 Å². The van der Waals surface area contributed by atoms with Gasteiger partial charge in [-0.2, -0.15) is 9.15 Å². The highest BCUT2D eigenvalue weighted by atomic mass is 15.1. The zero-order valence-electron chi connectivity index (χ0n) is 22.6. The summed E-state index contributed by atoms with van der Waals surface area (Å²) in [5.41, 5.74) is 9.18. The Morgan fingerprint density at radius 2 is 0.824 bits per heavy atom. The second-order valence-electron chi connectivity index (χ2n) is 11.6. The second kappa shape index (κ2) is 10.2. The van der Waals surface area contributed by atoms with Crippen LogP contribution in [0.5, 0.6) is 0 Å². The summed E-state index contributed by atoms with van der Waals surface area (Å²) in [4.78, 5) is 0. The van der Waals surface area contributed by atoms with Crippen LogP contribution in [0, 0.1) is 0 Å². The van der Waals surface area contributed by atoms with Gasteiger partial charge in [0, 0.05) is 49.9 Å². The number of para-hydroxylation sites is 2. The second-order valence-corrected chi connectivity index (χ2v) is 11.6. The Balaban J connectivity index is 1.13. The van der Waals surface area contributed by atoms with Crippen LogP contribution >= 0.6 is 0 Å². The molecule has 34 heavy (non-hydrogen) atoms. The number of benzene rings is 2. The van der Waals surface area contributed by atoms with E-state index in [0.717, 1.165) is 13.1 Å². The molecule has 0 radical (unpaired) electrons. The van der Waals surface area contributed by atoms with Crippen LogP contribution in [0.2, 0.25) is 0 Å². The Bertz CT molecular complexity index is 996. The Labute approximate surface area is 208 Å². The van der Waals surface area contributed by atoms with Crippen molar-refractivity contribution < 1.29 is 9.15 Å². The molecule has 0 aromatic heterocycles. The molecule has 0 amide bonds. The lowest BCUT2D eigenvalue weighted by molar-refractivity contribution is -0.440. The minimum absolute atomic E-state index is 0.166. The van der Waals surface area contributed by atoms with E-state index < -0.39 is 0 Å². The Kier molecular flexibility index (Phi) is 7.45. The van der Waals surface area contributed by atoms with Crippen molar-refractivity contribution in [3.8, 4) is 0 Å². The van der Waals surface area contributed by atoms with E-state index in [0.29, 0.717) is 0 Å². The number of hydrogen-bond acceptors (Lipinski definition) is 0. The summed E-state index contributed by atoms with van der Waals surface area (Å²) in [6.45, 7) is 16.4. The molecule has 0 fully saturated rings. The van der Waals surface area contributed by atoms with Crippen molar-refractivity contribution in [2.24, 2.45) is 0 Å². The van der Waals surface area contributed by atoms with Crippen LogP contribution in [0.3, 0.4) is 0 Å². The van der Waals surface area contributed by atoms with Gasteiger partial charge in [0.1, 0.15) is 13.1 Å². The SMILES string of the molecule is CC1=[N+](CCCCCCCCCC[N+]2=C(C)C(C)(C)c3ccccc32)c2ccccc2C1(C)C. The first-order chi connectivity index (χ1) is 16.3. The highest BCUT2D eigenvalue weighted by Crippen LogP contribution is 2.40. The largest absolute Gasteiger partial charge is 0.209 e. The molecule has 2 nitrogen and oxygen atoms in total. The van der Waals surface area contributed by atoms with E-state index in [9.17, 15) is 0 Å². The molecule has 0 aliphatic carbocycles. The highest BCUT2D eigenvalue weighted by Gasteiger charge is 2.43. The smallest absolute Gasteiger partial charge is 0.199 e. The van der Waals surface area contributed by atoms with Gasteiger partial charge in [0.15, 0.2) is 11.4 Å². The molecule has 0 atom stereocenters. The third-order valence-corrected chi connectivity index (χ3v) is 8.87. The molecule has 0 N–H and O–H groups in total. The zero-order chi connectivity index (χ0) is 24.3. The maximum absolute atomic E-state index is 2.58. The Morgan fingerprint density at radius 1 is 0.500 bits per heavy atom. The monoisotopic (exact) mass is 458 g/mol. The molecule has 182 valence electrons. The Hall–Kier alpha value is -2.22. The quantitative estimate of drug-likeness (QED) is 0.236. The third kappa shape index (κ3) is 4.66. The summed E-state index contributed by atoms with van der Waals surface area (Å²) in [6, 6.07) is 17.9. The molecule has 0 unspecified atom stereocenters. The molecule has 2 aromatic carbocycles. The van der Waals surface area contributed by atoms with Gasteiger partial charge in [-0.15, -0.1) is 0 Å². The molecular weight excluding hydrogens is 412 g/mol.